The summed E-state index contributed by atoms with van der Waals surface area (Å²) in [5, 5.41) is 0. The third-order valence-corrected chi connectivity index (χ3v) is 5.03. The predicted octanol–water partition coefficient (Wildman–Crippen LogP) is 4.49. The zero-order valence-electron chi connectivity index (χ0n) is 12.4. The fourth-order valence-corrected chi connectivity index (χ4v) is 3.77. The number of hydrogen-bond acceptors (Lipinski definition) is 2. The molecule has 2 aliphatic rings. The molecule has 0 aromatic rings. The fraction of sp³-hybridized carbons (Fsp3) is 0.824. The van der Waals surface area contributed by atoms with Gasteiger partial charge < -0.3 is 4.74 Å². The van der Waals surface area contributed by atoms with Crippen molar-refractivity contribution in [3.8, 4) is 0 Å². The Bertz CT molecular complexity index is 305. The zero-order chi connectivity index (χ0) is 13.7. The maximum absolute atomic E-state index is 11.4. The minimum atomic E-state index is -0.169. The van der Waals surface area contributed by atoms with Crippen molar-refractivity contribution in [2.75, 3.05) is 0 Å². The molecule has 2 fully saturated rings. The lowest BCUT2D eigenvalue weighted by Crippen LogP contribution is -2.29. The number of rotatable bonds is 3. The van der Waals surface area contributed by atoms with E-state index in [9.17, 15) is 4.79 Å². The number of allylic oxidation sites excluding steroid dienone is 1. The molecule has 2 saturated carbocycles. The summed E-state index contributed by atoms with van der Waals surface area (Å²) in [6, 6.07) is 0. The monoisotopic (exact) mass is 264 g/mol. The van der Waals surface area contributed by atoms with Gasteiger partial charge in [0.25, 0.3) is 0 Å². The summed E-state index contributed by atoms with van der Waals surface area (Å²) in [6.45, 7) is 4.23. The van der Waals surface area contributed by atoms with E-state index in [1.54, 1.807) is 6.08 Å². The maximum Gasteiger partial charge on any atom is 0.330 e. The van der Waals surface area contributed by atoms with Gasteiger partial charge in [0.1, 0.15) is 6.10 Å². The second-order valence-electron chi connectivity index (χ2n) is 6.49. The van der Waals surface area contributed by atoms with Crippen LogP contribution in [0.1, 0.15) is 65.2 Å². The lowest BCUT2D eigenvalue weighted by Gasteiger charge is -2.36. The number of ether oxygens (including phenoxy) is 1. The molecule has 0 radical (unpaired) electrons. The second-order valence-corrected chi connectivity index (χ2v) is 6.49. The maximum atomic E-state index is 11.4. The lowest BCUT2D eigenvalue weighted by molar-refractivity contribution is -0.145. The summed E-state index contributed by atoms with van der Waals surface area (Å²) in [5.41, 5.74) is 0. The van der Waals surface area contributed by atoms with E-state index in [-0.39, 0.29) is 12.1 Å². The van der Waals surface area contributed by atoms with Crippen LogP contribution < -0.4 is 0 Å². The van der Waals surface area contributed by atoms with E-state index in [2.05, 4.69) is 6.92 Å². The van der Waals surface area contributed by atoms with Crippen LogP contribution in [0.2, 0.25) is 0 Å². The van der Waals surface area contributed by atoms with Gasteiger partial charge >= 0.3 is 5.97 Å². The van der Waals surface area contributed by atoms with Gasteiger partial charge in [-0.25, -0.2) is 4.79 Å². The molecule has 2 heteroatoms. The summed E-state index contributed by atoms with van der Waals surface area (Å²) >= 11 is 0. The molecule has 0 unspecified atom stereocenters. The Balaban J connectivity index is 1.71. The van der Waals surface area contributed by atoms with Crippen LogP contribution in [0, 0.1) is 17.8 Å². The average molecular weight is 264 g/mol. The number of hydrogen-bond donors (Lipinski definition) is 0. The molecule has 0 aromatic heterocycles. The molecular formula is C17H28O2. The third-order valence-electron chi connectivity index (χ3n) is 5.03. The lowest BCUT2D eigenvalue weighted by atomic mass is 9.71. The van der Waals surface area contributed by atoms with Crippen LogP contribution in [0.25, 0.3) is 0 Å². The van der Waals surface area contributed by atoms with Crippen LogP contribution in [-0.4, -0.2) is 12.1 Å². The highest BCUT2D eigenvalue weighted by Gasteiger charge is 2.30. The van der Waals surface area contributed by atoms with Gasteiger partial charge in [0.2, 0.25) is 0 Å². The SMILES string of the molecule is CC=CC(=O)OC1CCC(C2CCC(C)CC2)CC1. The standard InChI is InChI=1S/C17H28O2/c1-3-4-17(18)19-16-11-9-15(10-12-16)14-7-5-13(2)6-8-14/h3-4,13-16H,5-12H2,1-2H3. The molecule has 0 atom stereocenters. The molecule has 2 rings (SSSR count). The highest BCUT2D eigenvalue weighted by Crippen LogP contribution is 2.40. The largest absolute Gasteiger partial charge is 0.459 e. The van der Waals surface area contributed by atoms with Crippen LogP contribution in [0.5, 0.6) is 0 Å². The molecule has 0 amide bonds. The first-order valence-corrected chi connectivity index (χ1v) is 8.02. The van der Waals surface area contributed by atoms with Crippen LogP contribution in [0.3, 0.4) is 0 Å². The molecule has 0 N–H and O–H groups in total. The smallest absolute Gasteiger partial charge is 0.330 e. The van der Waals surface area contributed by atoms with Gasteiger partial charge in [-0.3, -0.25) is 0 Å². The minimum Gasteiger partial charge on any atom is -0.459 e. The fourth-order valence-electron chi connectivity index (χ4n) is 3.77. The molecule has 0 aliphatic heterocycles. The van der Waals surface area contributed by atoms with E-state index < -0.39 is 0 Å². The molecular weight excluding hydrogens is 236 g/mol. The Hall–Kier alpha value is -0.790. The highest BCUT2D eigenvalue weighted by molar-refractivity contribution is 5.81. The van der Waals surface area contributed by atoms with Gasteiger partial charge in [0.15, 0.2) is 0 Å². The molecule has 0 bridgehead atoms. The van der Waals surface area contributed by atoms with Gasteiger partial charge in [-0.05, 0) is 63.2 Å². The van der Waals surface area contributed by atoms with Crippen molar-refractivity contribution in [2.24, 2.45) is 17.8 Å². The molecule has 0 aromatic carbocycles. The van der Waals surface area contributed by atoms with Crippen molar-refractivity contribution in [1.82, 2.24) is 0 Å². The quantitative estimate of drug-likeness (QED) is 0.554. The van der Waals surface area contributed by atoms with E-state index >= 15 is 0 Å². The van der Waals surface area contributed by atoms with Crippen LogP contribution in [0.15, 0.2) is 12.2 Å². The molecule has 2 nitrogen and oxygen atoms in total. The van der Waals surface area contributed by atoms with Gasteiger partial charge in [-0.2, -0.15) is 0 Å². The first kappa shape index (κ1) is 14.6. The number of carbonyl (C=O) groups excluding carboxylic acids is 1. The van der Waals surface area contributed by atoms with Crippen molar-refractivity contribution < 1.29 is 9.53 Å². The van der Waals surface area contributed by atoms with Crippen molar-refractivity contribution in [3.63, 3.8) is 0 Å². The normalized spacial score (nSPS) is 36.3. The van der Waals surface area contributed by atoms with Crippen molar-refractivity contribution in [2.45, 2.75) is 71.3 Å². The Morgan fingerprint density at radius 2 is 1.47 bits per heavy atom. The molecule has 2 aliphatic carbocycles. The Labute approximate surface area is 117 Å². The van der Waals surface area contributed by atoms with Gasteiger partial charge in [-0.15, -0.1) is 0 Å². The van der Waals surface area contributed by atoms with Crippen molar-refractivity contribution in [3.05, 3.63) is 12.2 Å². The molecule has 0 spiro atoms. The third kappa shape index (κ3) is 4.36. The topological polar surface area (TPSA) is 26.3 Å². The van der Waals surface area contributed by atoms with Crippen LogP contribution in [0.4, 0.5) is 0 Å². The van der Waals surface area contributed by atoms with E-state index in [1.807, 2.05) is 6.92 Å². The van der Waals surface area contributed by atoms with Gasteiger partial charge in [0, 0.05) is 6.08 Å². The zero-order valence-corrected chi connectivity index (χ0v) is 12.4. The minimum absolute atomic E-state index is 0.169. The summed E-state index contributed by atoms with van der Waals surface area (Å²) in [6.07, 6.45) is 13.8. The average Bonchev–Trinajstić information content (AvgIpc) is 2.41. The van der Waals surface area contributed by atoms with Gasteiger partial charge in [-0.1, -0.05) is 25.8 Å². The molecule has 0 heterocycles. The predicted molar refractivity (Wildman–Crippen MR) is 77.8 cm³/mol. The first-order chi connectivity index (χ1) is 9.19. The van der Waals surface area contributed by atoms with Crippen molar-refractivity contribution in [1.29, 1.82) is 0 Å². The Kier molecular flexibility index (Phi) is 5.47. The molecule has 108 valence electrons. The van der Waals surface area contributed by atoms with Crippen LogP contribution in [-0.2, 0) is 9.53 Å². The second kappa shape index (κ2) is 7.12. The van der Waals surface area contributed by atoms with E-state index in [0.29, 0.717) is 0 Å². The number of carbonyl (C=O) groups is 1. The Morgan fingerprint density at radius 1 is 0.947 bits per heavy atom. The first-order valence-electron chi connectivity index (χ1n) is 8.02. The van der Waals surface area contributed by atoms with E-state index in [1.165, 1.54) is 44.6 Å². The van der Waals surface area contributed by atoms with Crippen LogP contribution >= 0.6 is 0 Å². The summed E-state index contributed by atoms with van der Waals surface area (Å²) in [5.74, 6) is 2.61. The molecule has 19 heavy (non-hydrogen) atoms. The summed E-state index contributed by atoms with van der Waals surface area (Å²) < 4.78 is 5.46. The summed E-state index contributed by atoms with van der Waals surface area (Å²) in [4.78, 5) is 11.4. The van der Waals surface area contributed by atoms with E-state index in [4.69, 9.17) is 4.74 Å². The van der Waals surface area contributed by atoms with Crippen molar-refractivity contribution >= 4 is 5.97 Å². The Morgan fingerprint density at radius 3 is 2.00 bits per heavy atom. The summed E-state index contributed by atoms with van der Waals surface area (Å²) in [7, 11) is 0. The van der Waals surface area contributed by atoms with Gasteiger partial charge in [0.05, 0.1) is 0 Å². The highest BCUT2D eigenvalue weighted by atomic mass is 16.5. The number of esters is 1. The molecule has 0 saturated heterocycles. The van der Waals surface area contributed by atoms with E-state index in [0.717, 1.165) is 30.6 Å².